The molecule has 0 unspecified atom stereocenters. The lowest BCUT2D eigenvalue weighted by atomic mass is 10.2. The van der Waals surface area contributed by atoms with Gasteiger partial charge in [-0.15, -0.1) is 0 Å². The molecule has 0 aliphatic rings. The van der Waals surface area contributed by atoms with E-state index < -0.39 is 5.97 Å². The van der Waals surface area contributed by atoms with E-state index in [9.17, 15) is 9.18 Å². The maximum absolute atomic E-state index is 13.0. The first-order valence-electron chi connectivity index (χ1n) is 4.23. The number of carbonyl (C=O) groups excluding carboxylic acids is 1. The van der Waals surface area contributed by atoms with Crippen molar-refractivity contribution in [1.29, 1.82) is 0 Å². The van der Waals surface area contributed by atoms with Gasteiger partial charge in [-0.05, 0) is 34.1 Å². The van der Waals surface area contributed by atoms with Crippen molar-refractivity contribution in [2.75, 3.05) is 0 Å². The third-order valence-corrected chi connectivity index (χ3v) is 2.47. The first-order chi connectivity index (χ1) is 7.08. The SMILES string of the molecule is CC(=O)Oc1c(Br)[nH]c2ccc(F)cc12. The highest BCUT2D eigenvalue weighted by Gasteiger charge is 2.13. The molecule has 0 fully saturated rings. The molecule has 1 N–H and O–H groups in total. The second kappa shape index (κ2) is 3.66. The van der Waals surface area contributed by atoms with E-state index in [1.807, 2.05) is 0 Å². The Labute approximate surface area is 93.4 Å². The summed E-state index contributed by atoms with van der Waals surface area (Å²) in [6, 6.07) is 4.24. The molecule has 1 heterocycles. The van der Waals surface area contributed by atoms with Crippen LogP contribution in [-0.2, 0) is 4.79 Å². The van der Waals surface area contributed by atoms with Crippen molar-refractivity contribution >= 4 is 32.8 Å². The summed E-state index contributed by atoms with van der Waals surface area (Å²) in [6.45, 7) is 1.30. The second-order valence-electron chi connectivity index (χ2n) is 3.05. The third kappa shape index (κ3) is 1.87. The molecule has 0 radical (unpaired) electrons. The predicted molar refractivity (Wildman–Crippen MR) is 57.3 cm³/mol. The van der Waals surface area contributed by atoms with Crippen LogP contribution in [0.1, 0.15) is 6.92 Å². The van der Waals surface area contributed by atoms with Gasteiger partial charge in [0, 0.05) is 12.3 Å². The standard InChI is InChI=1S/C10H7BrFNO2/c1-5(14)15-9-7-4-6(12)2-3-8(7)13-10(9)11/h2-4,13H,1H3. The van der Waals surface area contributed by atoms with E-state index in [0.29, 0.717) is 21.3 Å². The Bertz CT molecular complexity index is 535. The lowest BCUT2D eigenvalue weighted by molar-refractivity contribution is -0.131. The normalized spacial score (nSPS) is 10.6. The van der Waals surface area contributed by atoms with Gasteiger partial charge in [-0.25, -0.2) is 4.39 Å². The Morgan fingerprint density at radius 3 is 2.93 bits per heavy atom. The molecule has 2 aromatic rings. The minimum absolute atomic E-state index is 0.317. The average molecular weight is 272 g/mol. The zero-order chi connectivity index (χ0) is 11.0. The van der Waals surface area contributed by atoms with Crippen LogP contribution in [0.5, 0.6) is 5.75 Å². The Balaban J connectivity index is 2.65. The van der Waals surface area contributed by atoms with Crippen LogP contribution in [0.3, 0.4) is 0 Å². The van der Waals surface area contributed by atoms with Crippen molar-refractivity contribution in [3.05, 3.63) is 28.6 Å². The van der Waals surface area contributed by atoms with Crippen molar-refractivity contribution < 1.29 is 13.9 Å². The maximum atomic E-state index is 13.0. The monoisotopic (exact) mass is 271 g/mol. The van der Waals surface area contributed by atoms with Crippen LogP contribution < -0.4 is 4.74 Å². The number of aromatic amines is 1. The van der Waals surface area contributed by atoms with E-state index >= 15 is 0 Å². The van der Waals surface area contributed by atoms with Crippen molar-refractivity contribution in [2.24, 2.45) is 0 Å². The van der Waals surface area contributed by atoms with Gasteiger partial charge in [0.1, 0.15) is 10.4 Å². The highest BCUT2D eigenvalue weighted by molar-refractivity contribution is 9.10. The smallest absolute Gasteiger partial charge is 0.308 e. The van der Waals surface area contributed by atoms with Crippen molar-refractivity contribution in [1.82, 2.24) is 4.98 Å². The summed E-state index contributed by atoms with van der Waals surface area (Å²) in [5.74, 6) is -0.500. The van der Waals surface area contributed by atoms with Gasteiger partial charge in [0.2, 0.25) is 0 Å². The van der Waals surface area contributed by atoms with Crippen LogP contribution in [0.4, 0.5) is 4.39 Å². The van der Waals surface area contributed by atoms with Gasteiger partial charge in [-0.1, -0.05) is 0 Å². The van der Waals surface area contributed by atoms with E-state index in [0.717, 1.165) is 0 Å². The molecule has 0 atom stereocenters. The largest absolute Gasteiger partial charge is 0.423 e. The second-order valence-corrected chi connectivity index (χ2v) is 3.84. The summed E-state index contributed by atoms with van der Waals surface area (Å²) >= 11 is 3.21. The van der Waals surface area contributed by atoms with Crippen LogP contribution >= 0.6 is 15.9 Å². The number of nitrogens with one attached hydrogen (secondary N) is 1. The van der Waals surface area contributed by atoms with E-state index in [1.165, 1.54) is 19.1 Å². The summed E-state index contributed by atoms with van der Waals surface area (Å²) in [7, 11) is 0. The number of hydrogen-bond donors (Lipinski definition) is 1. The quantitative estimate of drug-likeness (QED) is 0.811. The van der Waals surface area contributed by atoms with Crippen LogP contribution in [0.2, 0.25) is 0 Å². The molecule has 3 nitrogen and oxygen atoms in total. The van der Waals surface area contributed by atoms with Gasteiger partial charge in [0.05, 0.1) is 5.52 Å². The summed E-state index contributed by atoms with van der Waals surface area (Å²) in [4.78, 5) is 13.8. The fraction of sp³-hybridized carbons (Fsp3) is 0.100. The molecular formula is C10H7BrFNO2. The number of halogens is 2. The van der Waals surface area contributed by atoms with Gasteiger partial charge in [0.15, 0.2) is 5.75 Å². The molecule has 0 aliphatic heterocycles. The molecule has 0 amide bonds. The zero-order valence-corrected chi connectivity index (χ0v) is 9.39. The van der Waals surface area contributed by atoms with E-state index in [-0.39, 0.29) is 5.82 Å². The fourth-order valence-electron chi connectivity index (χ4n) is 1.35. The number of H-pyrrole nitrogens is 1. The first kappa shape index (κ1) is 10.2. The Morgan fingerprint density at radius 1 is 1.53 bits per heavy atom. The molecule has 0 bridgehead atoms. The van der Waals surface area contributed by atoms with Crippen molar-refractivity contribution in [3.63, 3.8) is 0 Å². The molecule has 1 aromatic heterocycles. The van der Waals surface area contributed by atoms with E-state index in [2.05, 4.69) is 20.9 Å². The maximum Gasteiger partial charge on any atom is 0.308 e. The number of esters is 1. The Morgan fingerprint density at radius 2 is 2.27 bits per heavy atom. The topological polar surface area (TPSA) is 42.1 Å². The molecule has 2 rings (SSSR count). The van der Waals surface area contributed by atoms with Crippen molar-refractivity contribution in [2.45, 2.75) is 6.92 Å². The van der Waals surface area contributed by atoms with Crippen LogP contribution in [0.25, 0.3) is 10.9 Å². The van der Waals surface area contributed by atoms with Crippen LogP contribution in [-0.4, -0.2) is 11.0 Å². The number of benzene rings is 1. The number of fused-ring (bicyclic) bond motifs is 1. The fourth-order valence-corrected chi connectivity index (χ4v) is 1.86. The number of hydrogen-bond acceptors (Lipinski definition) is 2. The van der Waals surface area contributed by atoms with Gasteiger partial charge >= 0.3 is 5.97 Å². The minimum atomic E-state index is -0.444. The molecular weight excluding hydrogens is 265 g/mol. The molecule has 0 saturated carbocycles. The van der Waals surface area contributed by atoms with E-state index in [1.54, 1.807) is 6.07 Å². The first-order valence-corrected chi connectivity index (χ1v) is 5.02. The lowest BCUT2D eigenvalue weighted by Crippen LogP contribution is -2.01. The van der Waals surface area contributed by atoms with Crippen LogP contribution in [0.15, 0.2) is 22.8 Å². The summed E-state index contributed by atoms with van der Waals surface area (Å²) < 4.78 is 18.5. The van der Waals surface area contributed by atoms with Crippen molar-refractivity contribution in [3.8, 4) is 5.75 Å². The van der Waals surface area contributed by atoms with Gasteiger partial charge in [-0.3, -0.25) is 4.79 Å². The molecule has 0 aliphatic carbocycles. The highest BCUT2D eigenvalue weighted by atomic mass is 79.9. The molecule has 5 heteroatoms. The molecule has 0 spiro atoms. The zero-order valence-electron chi connectivity index (χ0n) is 7.80. The molecule has 1 aromatic carbocycles. The Kier molecular flexibility index (Phi) is 2.48. The van der Waals surface area contributed by atoms with Crippen LogP contribution in [0, 0.1) is 5.82 Å². The number of ether oxygens (including phenoxy) is 1. The van der Waals surface area contributed by atoms with E-state index in [4.69, 9.17) is 4.74 Å². The third-order valence-electron chi connectivity index (χ3n) is 1.92. The predicted octanol–water partition coefficient (Wildman–Crippen LogP) is 2.99. The van der Waals surface area contributed by atoms with Gasteiger partial charge in [0.25, 0.3) is 0 Å². The average Bonchev–Trinajstić information content (AvgIpc) is 2.43. The minimum Gasteiger partial charge on any atom is -0.423 e. The number of aromatic nitrogens is 1. The van der Waals surface area contributed by atoms with Gasteiger partial charge < -0.3 is 9.72 Å². The summed E-state index contributed by atoms with van der Waals surface area (Å²) in [6.07, 6.45) is 0. The lowest BCUT2D eigenvalue weighted by Gasteiger charge is -1.99. The Hall–Kier alpha value is -1.36. The summed E-state index contributed by atoms with van der Waals surface area (Å²) in [5.41, 5.74) is 0.708. The van der Waals surface area contributed by atoms with Gasteiger partial charge in [-0.2, -0.15) is 0 Å². The summed E-state index contributed by atoms with van der Waals surface area (Å²) in [5, 5.41) is 0.539. The number of carbonyl (C=O) groups is 1. The molecule has 15 heavy (non-hydrogen) atoms. The number of rotatable bonds is 1. The molecule has 78 valence electrons. The molecule has 0 saturated heterocycles. The highest BCUT2D eigenvalue weighted by Crippen LogP contribution is 2.34.